The van der Waals surface area contributed by atoms with Crippen LogP contribution in [0.3, 0.4) is 0 Å². The van der Waals surface area contributed by atoms with E-state index in [1.165, 1.54) is 276 Å². The van der Waals surface area contributed by atoms with E-state index in [2.05, 4.69) is 55.6 Å². The number of nitrogens with one attached hydrogen (secondary N) is 1. The van der Waals surface area contributed by atoms with Crippen molar-refractivity contribution in [2.75, 3.05) is 6.61 Å². The number of hydrogen-bond donors (Lipinski definition) is 3. The van der Waals surface area contributed by atoms with Crippen molar-refractivity contribution in [3.05, 3.63) is 48.6 Å². The molecular weight excluding hydrogens is 831 g/mol. The molecule has 2 atom stereocenters. The van der Waals surface area contributed by atoms with Gasteiger partial charge in [-0.05, 0) is 70.6 Å². The van der Waals surface area contributed by atoms with E-state index in [-0.39, 0.29) is 12.5 Å². The second kappa shape index (κ2) is 59.7. The van der Waals surface area contributed by atoms with Gasteiger partial charge in [0.25, 0.3) is 0 Å². The summed E-state index contributed by atoms with van der Waals surface area (Å²) in [6, 6.07) is -0.646. The molecule has 68 heavy (non-hydrogen) atoms. The molecule has 1 amide bonds. The molecule has 0 aliphatic carbocycles. The van der Waals surface area contributed by atoms with E-state index >= 15 is 0 Å². The van der Waals surface area contributed by atoms with Crippen LogP contribution in [0.15, 0.2) is 48.6 Å². The lowest BCUT2D eigenvalue weighted by molar-refractivity contribution is -0.123. The van der Waals surface area contributed by atoms with Gasteiger partial charge in [-0.2, -0.15) is 0 Å². The Hall–Kier alpha value is -1.65. The number of amides is 1. The Balaban J connectivity index is 3.50. The molecule has 0 aliphatic heterocycles. The maximum Gasteiger partial charge on any atom is 0.220 e. The molecule has 2 unspecified atom stereocenters. The first-order valence-corrected chi connectivity index (χ1v) is 30.9. The molecule has 0 aromatic heterocycles. The minimum Gasteiger partial charge on any atom is -0.394 e. The molecule has 0 aromatic carbocycles. The Morgan fingerprint density at radius 2 is 0.574 bits per heavy atom. The van der Waals surface area contributed by atoms with E-state index in [1.54, 1.807) is 6.08 Å². The second-order valence-corrected chi connectivity index (χ2v) is 21.1. The van der Waals surface area contributed by atoms with Gasteiger partial charge in [-0.1, -0.05) is 306 Å². The third-order valence-electron chi connectivity index (χ3n) is 14.3. The van der Waals surface area contributed by atoms with E-state index in [4.69, 9.17) is 0 Å². The van der Waals surface area contributed by atoms with Crippen LogP contribution in [-0.2, 0) is 4.79 Å². The van der Waals surface area contributed by atoms with Crippen LogP contribution in [0.1, 0.15) is 335 Å². The Morgan fingerprint density at radius 1 is 0.338 bits per heavy atom. The summed E-state index contributed by atoms with van der Waals surface area (Å²) in [6.45, 7) is 4.33. The van der Waals surface area contributed by atoms with Gasteiger partial charge in [0, 0.05) is 6.42 Å². The Morgan fingerprint density at radius 3 is 0.853 bits per heavy atom. The first kappa shape index (κ1) is 66.3. The van der Waals surface area contributed by atoms with Crippen LogP contribution in [0.25, 0.3) is 0 Å². The van der Waals surface area contributed by atoms with E-state index in [1.807, 2.05) is 6.08 Å². The molecule has 0 radical (unpaired) electrons. The zero-order valence-electron chi connectivity index (χ0n) is 46.1. The maximum atomic E-state index is 12.5. The van der Waals surface area contributed by atoms with Crippen LogP contribution >= 0.6 is 0 Å². The molecule has 0 spiro atoms. The largest absolute Gasteiger partial charge is 0.394 e. The van der Waals surface area contributed by atoms with Crippen LogP contribution in [0.5, 0.6) is 0 Å². The van der Waals surface area contributed by atoms with Crippen LogP contribution in [0.2, 0.25) is 0 Å². The number of carbonyl (C=O) groups excluding carboxylic acids is 1. The summed E-state index contributed by atoms with van der Waals surface area (Å²) in [6.07, 6.45) is 83.1. The number of hydrogen-bond acceptors (Lipinski definition) is 3. The molecule has 0 aromatic rings. The van der Waals surface area contributed by atoms with Crippen molar-refractivity contribution in [3.8, 4) is 0 Å². The fourth-order valence-electron chi connectivity index (χ4n) is 9.56. The lowest BCUT2D eigenvalue weighted by atomic mass is 10.0. The summed E-state index contributed by atoms with van der Waals surface area (Å²) in [4.78, 5) is 12.5. The van der Waals surface area contributed by atoms with E-state index < -0.39 is 12.1 Å². The van der Waals surface area contributed by atoms with Gasteiger partial charge in [-0.25, -0.2) is 0 Å². The molecule has 3 N–H and O–H groups in total. The van der Waals surface area contributed by atoms with Gasteiger partial charge < -0.3 is 15.5 Å². The van der Waals surface area contributed by atoms with Crippen molar-refractivity contribution in [3.63, 3.8) is 0 Å². The lowest BCUT2D eigenvalue weighted by Crippen LogP contribution is -2.45. The van der Waals surface area contributed by atoms with Gasteiger partial charge in [0.15, 0.2) is 0 Å². The quantitative estimate of drug-likeness (QED) is 0.0420. The van der Waals surface area contributed by atoms with Gasteiger partial charge in [-0.3, -0.25) is 4.79 Å². The zero-order valence-corrected chi connectivity index (χ0v) is 46.1. The van der Waals surface area contributed by atoms with Crippen molar-refractivity contribution in [2.45, 2.75) is 347 Å². The number of aliphatic hydroxyl groups is 2. The maximum absolute atomic E-state index is 12.5. The molecule has 0 saturated heterocycles. The highest BCUT2D eigenvalue weighted by molar-refractivity contribution is 5.76. The van der Waals surface area contributed by atoms with Gasteiger partial charge in [0.05, 0.1) is 18.8 Å². The summed E-state index contributed by atoms with van der Waals surface area (Å²) in [5.74, 6) is -0.0731. The average molecular weight is 953 g/mol. The number of aliphatic hydroxyl groups excluding tert-OH is 2. The molecule has 4 nitrogen and oxygen atoms in total. The minimum absolute atomic E-state index is 0.0731. The highest BCUT2D eigenvalue weighted by Crippen LogP contribution is 2.17. The lowest BCUT2D eigenvalue weighted by Gasteiger charge is -2.19. The number of allylic oxidation sites excluding steroid dienone is 7. The van der Waals surface area contributed by atoms with Gasteiger partial charge in [0.2, 0.25) is 5.91 Å². The van der Waals surface area contributed by atoms with E-state index in [9.17, 15) is 15.0 Å². The Bertz CT molecular complexity index is 1080. The van der Waals surface area contributed by atoms with Crippen LogP contribution in [0.4, 0.5) is 0 Å². The smallest absolute Gasteiger partial charge is 0.220 e. The fourth-order valence-corrected chi connectivity index (χ4v) is 9.56. The molecule has 0 bridgehead atoms. The summed E-state index contributed by atoms with van der Waals surface area (Å²) in [7, 11) is 0. The first-order valence-electron chi connectivity index (χ1n) is 30.9. The second-order valence-electron chi connectivity index (χ2n) is 21.1. The van der Waals surface area contributed by atoms with Crippen molar-refractivity contribution >= 4 is 5.91 Å². The van der Waals surface area contributed by atoms with Crippen molar-refractivity contribution in [2.24, 2.45) is 0 Å². The molecular formula is C64H121NO3. The minimum atomic E-state index is -0.871. The molecule has 0 rings (SSSR count). The molecule has 0 fully saturated rings. The monoisotopic (exact) mass is 952 g/mol. The van der Waals surface area contributed by atoms with E-state index in [0.29, 0.717) is 6.42 Å². The number of rotatable bonds is 57. The highest BCUT2D eigenvalue weighted by atomic mass is 16.3. The third-order valence-corrected chi connectivity index (χ3v) is 14.3. The first-order chi connectivity index (χ1) is 33.7. The Kier molecular flexibility index (Phi) is 58.2. The molecule has 4 heteroatoms. The number of unbranched alkanes of at least 4 members (excludes halogenated alkanes) is 44. The summed E-state index contributed by atoms with van der Waals surface area (Å²) in [5, 5.41) is 23.2. The van der Waals surface area contributed by atoms with Crippen molar-refractivity contribution in [1.82, 2.24) is 5.32 Å². The SMILES string of the molecule is CCCCCCCCCCCCCC/C=C\CCCCCCCCCCCCCCCCCCC(=O)NC(CO)C(O)/C=C/CC/C=C/CC/C=C/CCCCCCCCCCCCCCCC. The summed E-state index contributed by atoms with van der Waals surface area (Å²) < 4.78 is 0. The average Bonchev–Trinajstić information content (AvgIpc) is 3.34. The molecule has 0 aliphatic rings. The summed E-state index contributed by atoms with van der Waals surface area (Å²) >= 11 is 0. The Labute approximate surface area is 426 Å². The predicted octanol–water partition coefficient (Wildman–Crippen LogP) is 20.6. The normalized spacial score (nSPS) is 13.1. The number of carbonyl (C=O) groups is 1. The van der Waals surface area contributed by atoms with Crippen molar-refractivity contribution in [1.29, 1.82) is 0 Å². The molecule has 0 saturated carbocycles. The van der Waals surface area contributed by atoms with Gasteiger partial charge in [0.1, 0.15) is 0 Å². The standard InChI is InChI=1S/C64H121NO3/c1-3-5-7-9-11-13-15-17-19-21-23-25-27-29-30-31-32-33-34-35-36-38-40-42-44-46-48-50-52-54-56-58-60-64(68)65-62(61-66)63(67)59-57-55-53-51-49-47-45-43-41-39-37-28-26-24-22-20-18-16-14-12-10-8-6-4-2/h29-30,41,43,49,51,57,59,62-63,66-67H,3-28,31-40,42,44-48,50,52-56,58,60-61H2,1-2H3,(H,65,68)/b30-29-,43-41+,51-49+,59-57+. The topological polar surface area (TPSA) is 69.6 Å². The van der Waals surface area contributed by atoms with Gasteiger partial charge >= 0.3 is 0 Å². The molecule has 400 valence electrons. The predicted molar refractivity (Wildman–Crippen MR) is 304 cm³/mol. The van der Waals surface area contributed by atoms with Gasteiger partial charge in [-0.15, -0.1) is 0 Å². The molecule has 0 heterocycles. The van der Waals surface area contributed by atoms with Crippen LogP contribution in [-0.4, -0.2) is 34.9 Å². The van der Waals surface area contributed by atoms with Crippen LogP contribution < -0.4 is 5.32 Å². The van der Waals surface area contributed by atoms with Crippen molar-refractivity contribution < 1.29 is 15.0 Å². The zero-order chi connectivity index (χ0) is 49.2. The van der Waals surface area contributed by atoms with Crippen LogP contribution in [0, 0.1) is 0 Å². The fraction of sp³-hybridized carbons (Fsp3) is 0.859. The third kappa shape index (κ3) is 55.3. The highest BCUT2D eigenvalue weighted by Gasteiger charge is 2.18. The summed E-state index contributed by atoms with van der Waals surface area (Å²) in [5.41, 5.74) is 0. The van der Waals surface area contributed by atoms with E-state index in [0.717, 1.165) is 38.5 Å².